The van der Waals surface area contributed by atoms with Gasteiger partial charge >= 0.3 is 6.00 Å². The molecule has 0 aliphatic heterocycles. The van der Waals surface area contributed by atoms with Crippen molar-refractivity contribution in [1.82, 2.24) is 0 Å². The molecule has 0 fully saturated rings. The van der Waals surface area contributed by atoms with Gasteiger partial charge in [-0.1, -0.05) is 0 Å². The lowest BCUT2D eigenvalue weighted by Gasteiger charge is -2.27. The fourth-order valence-electron chi connectivity index (χ4n) is 0.603. The maximum Gasteiger partial charge on any atom is 0.343 e. The molecule has 0 amide bonds. The highest BCUT2D eigenvalue weighted by molar-refractivity contribution is 7.74. The highest BCUT2D eigenvalue weighted by atomic mass is 35.8. The van der Waals surface area contributed by atoms with Gasteiger partial charge in [0.2, 0.25) is 0 Å². The van der Waals surface area contributed by atoms with Gasteiger partial charge in [0.05, 0.1) is 0 Å². The van der Waals surface area contributed by atoms with Crippen molar-refractivity contribution in [3.05, 3.63) is 0 Å². The molecular weight excluding hydrogens is 356 g/mol. The van der Waals surface area contributed by atoms with Crippen molar-refractivity contribution in [2.45, 2.75) is 11.3 Å². The summed E-state index contributed by atoms with van der Waals surface area (Å²) >= 11 is 40.6. The van der Waals surface area contributed by atoms with Gasteiger partial charge in [0.25, 0.3) is 14.1 Å². The molecule has 0 aliphatic carbocycles. The number of hydrogen-bond donors (Lipinski definition) is 0. The summed E-state index contributed by atoms with van der Waals surface area (Å²) in [5.74, 6) is 0. The van der Waals surface area contributed by atoms with E-state index in [9.17, 15) is 0 Å². The molecule has 0 aliphatic rings. The van der Waals surface area contributed by atoms with Crippen molar-refractivity contribution in [1.29, 1.82) is 0 Å². The van der Waals surface area contributed by atoms with Crippen LogP contribution in [0, 0.1) is 0 Å². The van der Waals surface area contributed by atoms with E-state index in [1.54, 1.807) is 6.55 Å². The highest BCUT2D eigenvalue weighted by Crippen LogP contribution is 2.47. The summed E-state index contributed by atoms with van der Waals surface area (Å²) in [6.45, 7) is -0.936. The first-order chi connectivity index (χ1) is 5.07. The van der Waals surface area contributed by atoms with E-state index in [0.717, 1.165) is 0 Å². The summed E-state index contributed by atoms with van der Waals surface area (Å²) in [4.78, 5) is -0.480. The molecule has 0 saturated heterocycles. The molecule has 0 saturated carbocycles. The maximum atomic E-state index is 5.92. The van der Waals surface area contributed by atoms with Gasteiger partial charge in [-0.05, 0) is 6.55 Å². The second-order valence-electron chi connectivity index (χ2n) is 2.22. The molecule has 0 aromatic heterocycles. The van der Waals surface area contributed by atoms with Gasteiger partial charge in [-0.3, -0.25) is 0 Å². The van der Waals surface area contributed by atoms with E-state index >= 15 is 0 Å². The monoisotopic (exact) mass is 357 g/mol. The number of halogens is 7. The molecular formula is C2H4Cl7Si3. The molecule has 1 atom stereocenters. The average molecular weight is 360 g/mol. The molecule has 1 unspecified atom stereocenters. The molecule has 73 valence electrons. The lowest BCUT2D eigenvalue weighted by Crippen LogP contribution is -2.42. The number of rotatable bonds is 3. The van der Waals surface area contributed by atoms with Gasteiger partial charge in [0, 0.05) is 4.79 Å². The third-order valence-corrected chi connectivity index (χ3v) is 23.2. The van der Waals surface area contributed by atoms with E-state index in [1.807, 2.05) is 0 Å². The van der Waals surface area contributed by atoms with Crippen LogP contribution in [-0.4, -0.2) is 20.1 Å². The summed E-state index contributed by atoms with van der Waals surface area (Å²) in [5.41, 5.74) is 0. The van der Waals surface area contributed by atoms with Crippen LogP contribution in [0.3, 0.4) is 0 Å². The van der Waals surface area contributed by atoms with E-state index < -0.39 is 24.9 Å². The summed E-state index contributed by atoms with van der Waals surface area (Å²) in [5, 5.41) is 0. The van der Waals surface area contributed by atoms with Gasteiger partial charge < -0.3 is 0 Å². The Bertz CT molecular complexity index is 132. The topological polar surface area (TPSA) is 0 Å². The van der Waals surface area contributed by atoms with Crippen LogP contribution in [0.25, 0.3) is 0 Å². The molecule has 0 rings (SSSR count). The van der Waals surface area contributed by atoms with Crippen molar-refractivity contribution in [3.63, 3.8) is 0 Å². The van der Waals surface area contributed by atoms with Crippen LogP contribution in [0.2, 0.25) is 11.3 Å². The first-order valence-corrected chi connectivity index (χ1v) is 16.0. The van der Waals surface area contributed by atoms with Crippen molar-refractivity contribution in [2.24, 2.45) is 0 Å². The van der Waals surface area contributed by atoms with Gasteiger partial charge in [0.15, 0.2) is 0 Å². The predicted molar refractivity (Wildman–Crippen MR) is 67.8 cm³/mol. The molecule has 0 aromatic carbocycles. The van der Waals surface area contributed by atoms with Crippen LogP contribution >= 0.6 is 77.6 Å². The molecule has 0 N–H and O–H groups in total. The van der Waals surface area contributed by atoms with E-state index in [1.165, 1.54) is 0 Å². The highest BCUT2D eigenvalue weighted by Gasteiger charge is 2.53. The molecule has 0 nitrogen and oxygen atoms in total. The van der Waals surface area contributed by atoms with E-state index in [-0.39, 0.29) is 0 Å². The van der Waals surface area contributed by atoms with Crippen molar-refractivity contribution in [2.75, 3.05) is 0 Å². The first kappa shape index (κ1) is 14.7. The van der Waals surface area contributed by atoms with Crippen LogP contribution in [0.15, 0.2) is 0 Å². The Hall–Kier alpha value is 2.68. The van der Waals surface area contributed by atoms with Crippen LogP contribution < -0.4 is 0 Å². The average Bonchev–Trinajstić information content (AvgIpc) is 1.49. The normalized spacial score (nSPS) is 16.8. The molecule has 0 aromatic rings. The lowest BCUT2D eigenvalue weighted by molar-refractivity contribution is 1.72. The van der Waals surface area contributed by atoms with Crippen LogP contribution in [0.5, 0.6) is 0 Å². The molecule has 0 spiro atoms. The first-order valence-electron chi connectivity index (χ1n) is 2.69. The quantitative estimate of drug-likeness (QED) is 0.509. The Morgan fingerprint density at radius 2 is 1.33 bits per heavy atom. The molecule has 0 heterocycles. The van der Waals surface area contributed by atoms with Crippen molar-refractivity contribution >= 4 is 97.7 Å². The zero-order chi connectivity index (χ0) is 10.2. The summed E-state index contributed by atoms with van der Waals surface area (Å²) in [6.07, 6.45) is 0. The minimum atomic E-state index is -2.99. The van der Waals surface area contributed by atoms with Gasteiger partial charge in [-0.15, -0.1) is 77.6 Å². The van der Waals surface area contributed by atoms with E-state index in [2.05, 4.69) is 0 Å². The molecule has 0 bridgehead atoms. The zero-order valence-corrected chi connectivity index (χ0v) is 14.0. The van der Waals surface area contributed by atoms with Crippen molar-refractivity contribution < 1.29 is 0 Å². The molecule has 1 radical (unpaired) electrons. The van der Waals surface area contributed by atoms with Gasteiger partial charge in [0.1, 0.15) is 0 Å². The summed E-state index contributed by atoms with van der Waals surface area (Å²) < 4.78 is 0. The molecule has 12 heavy (non-hydrogen) atoms. The number of hydrogen-bond acceptors (Lipinski definition) is 0. The third kappa shape index (κ3) is 4.96. The predicted octanol–water partition coefficient (Wildman–Crippen LogP) is 4.61. The Labute approximate surface area is 108 Å². The smallest absolute Gasteiger partial charge is 0.147 e. The maximum absolute atomic E-state index is 5.92. The SMILES string of the molecule is C[Si](Cl)(Cl)C([Si](Cl)Cl)[Si](Cl)(Cl)Cl. The van der Waals surface area contributed by atoms with Crippen LogP contribution in [0.1, 0.15) is 0 Å². The Morgan fingerprint density at radius 1 is 1.00 bits per heavy atom. The second kappa shape index (κ2) is 5.14. The minimum absolute atomic E-state index is 0.480. The van der Waals surface area contributed by atoms with E-state index in [4.69, 9.17) is 77.6 Å². The summed E-state index contributed by atoms with van der Waals surface area (Å²) in [7, 11) is -1.78. The largest absolute Gasteiger partial charge is 0.343 e. The standard InChI is InChI=1S/C2H4Cl7Si3/c1-11(5,6)2(10(3)4)12(7,8)9/h2H,1H3. The Morgan fingerprint density at radius 3 is 1.33 bits per heavy atom. The third-order valence-electron chi connectivity index (χ3n) is 1.05. The van der Waals surface area contributed by atoms with Gasteiger partial charge in [-0.25, -0.2) is 0 Å². The van der Waals surface area contributed by atoms with Crippen molar-refractivity contribution in [3.8, 4) is 0 Å². The Balaban J connectivity index is 4.70. The fraction of sp³-hybridized carbons (Fsp3) is 1.00. The fourth-order valence-corrected chi connectivity index (χ4v) is 34.1. The van der Waals surface area contributed by atoms with Gasteiger partial charge in [-0.2, -0.15) is 0 Å². The Kier molecular flexibility index (Phi) is 6.29. The zero-order valence-electron chi connectivity index (χ0n) is 5.72. The van der Waals surface area contributed by atoms with E-state index in [0.29, 0.717) is 0 Å². The lowest BCUT2D eigenvalue weighted by atomic mass is 11.8. The van der Waals surface area contributed by atoms with Crippen LogP contribution in [0.4, 0.5) is 0 Å². The summed E-state index contributed by atoms with van der Waals surface area (Å²) in [6, 6.07) is -2.99. The van der Waals surface area contributed by atoms with Crippen LogP contribution in [-0.2, 0) is 0 Å². The minimum Gasteiger partial charge on any atom is -0.147 e. The second-order valence-corrected chi connectivity index (χ2v) is 24.7. The molecule has 10 heteroatoms.